The second kappa shape index (κ2) is 23.3. The van der Waals surface area contributed by atoms with Gasteiger partial charge < -0.3 is 52.8 Å². The van der Waals surface area contributed by atoms with Gasteiger partial charge >= 0.3 is 47.5 Å². The van der Waals surface area contributed by atoms with E-state index in [0.29, 0.717) is 6.42 Å². The number of primary amides is 2. The van der Waals surface area contributed by atoms with Gasteiger partial charge in [0.15, 0.2) is 11.3 Å². The van der Waals surface area contributed by atoms with Gasteiger partial charge in [0.05, 0.1) is 18.9 Å². The minimum Gasteiger partial charge on any atom is -0.747 e. The van der Waals surface area contributed by atoms with Crippen molar-refractivity contribution in [2.75, 3.05) is 13.1 Å². The van der Waals surface area contributed by atoms with Crippen molar-refractivity contribution in [3.63, 3.8) is 0 Å². The molecule has 0 aliphatic carbocycles. The van der Waals surface area contributed by atoms with Gasteiger partial charge in [-0.1, -0.05) is 0 Å². The zero-order valence-electron chi connectivity index (χ0n) is 31.0. The average molecular weight is 844 g/mol. The van der Waals surface area contributed by atoms with Crippen molar-refractivity contribution in [1.29, 1.82) is 0 Å². The van der Waals surface area contributed by atoms with Crippen LogP contribution in [0.25, 0.3) is 0 Å². The molecule has 3 aliphatic heterocycles. The van der Waals surface area contributed by atoms with Crippen LogP contribution in [-0.4, -0.2) is 129 Å². The van der Waals surface area contributed by atoms with E-state index in [1.165, 1.54) is 0 Å². The van der Waals surface area contributed by atoms with Gasteiger partial charge in [-0.25, -0.2) is 13.2 Å². The number of hydrogen-bond acceptors (Lipinski definition) is 19. The van der Waals surface area contributed by atoms with E-state index in [0.717, 1.165) is 0 Å². The molecule has 3 unspecified atom stereocenters. The molecule has 0 saturated carbocycles. The predicted octanol–water partition coefficient (Wildman–Crippen LogP) is -7.24. The number of hydroxylamine groups is 2. The number of carbonyl (C=O) groups excluding carboxylic acids is 8. The summed E-state index contributed by atoms with van der Waals surface area (Å²) < 4.78 is 32.3. The first kappa shape index (κ1) is 52.0. The SMILES string of the molecule is CC1(CCC(=O)NC(CCC(N)=O)C(=O)NCC(=O)O)N=N1.CC1(CCC(=O)ON2C(=O)CC(S(=O)(=O)[O-])C2=O)N=N1.NC(=O)CCC(N)C(=O)NCC(=O)O.[Na+]. The van der Waals surface area contributed by atoms with Crippen LogP contribution in [-0.2, 0) is 62.9 Å². The number of nitrogens with one attached hydrogen (secondary N) is 3. The molecule has 1 fully saturated rings. The van der Waals surface area contributed by atoms with Crippen LogP contribution in [0.1, 0.15) is 71.6 Å². The predicted molar refractivity (Wildman–Crippen MR) is 179 cm³/mol. The van der Waals surface area contributed by atoms with Crippen molar-refractivity contribution in [3.05, 3.63) is 0 Å². The van der Waals surface area contributed by atoms with E-state index in [1.54, 1.807) is 13.8 Å². The summed E-state index contributed by atoms with van der Waals surface area (Å²) in [5, 5.41) is 36.3. The second-order valence-corrected chi connectivity index (χ2v) is 14.0. The Morgan fingerprint density at radius 3 is 1.72 bits per heavy atom. The molecular formula is C28H42N11NaO16S. The first-order valence-corrected chi connectivity index (χ1v) is 17.8. The Balaban J connectivity index is 0.000000839. The van der Waals surface area contributed by atoms with Gasteiger partial charge in [0.1, 0.15) is 34.5 Å². The Kier molecular flexibility index (Phi) is 21.2. The Labute approximate surface area is 345 Å². The average Bonchev–Trinajstić information content (AvgIpc) is 4.01. The molecule has 0 aromatic carbocycles. The smallest absolute Gasteiger partial charge is 0.747 e. The molecule has 27 nitrogen and oxygen atoms in total. The number of amides is 7. The summed E-state index contributed by atoms with van der Waals surface area (Å²) >= 11 is 0. The molecule has 3 atom stereocenters. The number of carboxylic acids is 2. The van der Waals surface area contributed by atoms with Crippen LogP contribution in [0.5, 0.6) is 0 Å². The van der Waals surface area contributed by atoms with Gasteiger partial charge in [-0.15, -0.1) is 5.06 Å². The van der Waals surface area contributed by atoms with Crippen LogP contribution in [0.3, 0.4) is 0 Å². The Bertz CT molecular complexity index is 1730. The number of imide groups is 1. The number of carbonyl (C=O) groups is 10. The van der Waals surface area contributed by atoms with E-state index in [1.807, 2.05) is 0 Å². The van der Waals surface area contributed by atoms with Crippen LogP contribution < -0.4 is 62.7 Å². The first-order valence-electron chi connectivity index (χ1n) is 16.3. The van der Waals surface area contributed by atoms with Gasteiger partial charge in [-0.2, -0.15) is 20.5 Å². The second-order valence-electron chi connectivity index (χ2n) is 12.5. The Morgan fingerprint density at radius 1 is 0.842 bits per heavy atom. The maximum atomic E-state index is 11.8. The van der Waals surface area contributed by atoms with Gasteiger partial charge in [0.25, 0.3) is 11.8 Å². The fourth-order valence-corrected chi connectivity index (χ4v) is 4.63. The molecular weight excluding hydrogens is 801 g/mol. The van der Waals surface area contributed by atoms with Gasteiger partial charge in [0.2, 0.25) is 29.5 Å². The topological polar surface area (TPSA) is 444 Å². The van der Waals surface area contributed by atoms with Crippen LogP contribution in [0, 0.1) is 0 Å². The molecule has 0 aromatic rings. The number of hydrogen-bond donors (Lipinski definition) is 8. The van der Waals surface area contributed by atoms with Crippen molar-refractivity contribution in [1.82, 2.24) is 21.0 Å². The summed E-state index contributed by atoms with van der Waals surface area (Å²) in [6.45, 7) is 2.39. The molecule has 3 rings (SSSR count). The number of carboxylic acid groups (broad SMARTS) is 2. The summed E-state index contributed by atoms with van der Waals surface area (Å²) in [5.74, 6) is -8.51. The van der Waals surface area contributed by atoms with E-state index in [2.05, 4.69) is 41.2 Å². The van der Waals surface area contributed by atoms with Crippen molar-refractivity contribution in [2.24, 2.45) is 37.7 Å². The third kappa shape index (κ3) is 21.7. The molecule has 0 spiro atoms. The molecule has 11 N–H and O–H groups in total. The number of nitrogens with two attached hydrogens (primary N) is 3. The Morgan fingerprint density at radius 2 is 1.30 bits per heavy atom. The molecule has 3 heterocycles. The van der Waals surface area contributed by atoms with Crippen LogP contribution >= 0.6 is 0 Å². The van der Waals surface area contributed by atoms with Crippen molar-refractivity contribution in [2.45, 2.75) is 100 Å². The Hall–Kier alpha value is -5.03. The van der Waals surface area contributed by atoms with Gasteiger partial charge in [0, 0.05) is 32.1 Å². The zero-order chi connectivity index (χ0) is 43.0. The monoisotopic (exact) mass is 843 g/mol. The maximum absolute atomic E-state index is 11.8. The standard InChI is InChI=1S/C12H19N5O5.C9H11N3O7S.C7H13N3O4.Na/c1-12(16-17-12)5-4-9(19)15-7(2-3-8(13)18)11(22)14-6-10(20)21;1-9(10-11-9)3-2-7(14)19-12-6(13)4-5(8(12)15)20(16,17)18;8-4(1-2-5(9)11)7(14)10-3-6(12)13;/h7H,2-6H2,1H3,(H2,13,18)(H,14,22)(H,15,19)(H,20,21);5H,2-4H2,1H3,(H,16,17,18);4H,1-3,8H2,(H2,9,11)(H,10,14)(H,12,13);/q;;;+1/p-1. The number of nitrogens with zero attached hydrogens (tertiary/aromatic N) is 5. The first-order chi connectivity index (χ1) is 25.8. The molecule has 0 radical (unpaired) electrons. The van der Waals surface area contributed by atoms with Crippen LogP contribution in [0.4, 0.5) is 0 Å². The summed E-state index contributed by atoms with van der Waals surface area (Å²) in [5.41, 5.74) is 14.0. The molecule has 57 heavy (non-hydrogen) atoms. The summed E-state index contributed by atoms with van der Waals surface area (Å²) in [6.07, 6.45) is -0.198. The summed E-state index contributed by atoms with van der Waals surface area (Å²) in [7, 11) is -4.96. The van der Waals surface area contributed by atoms with Crippen molar-refractivity contribution >= 4 is 69.4 Å². The number of aliphatic carboxylic acids is 2. The van der Waals surface area contributed by atoms with E-state index in [9.17, 15) is 60.9 Å². The fraction of sp³-hybridized carbons (Fsp3) is 0.643. The molecule has 29 heteroatoms. The van der Waals surface area contributed by atoms with E-state index in [-0.39, 0.29) is 79.6 Å². The molecule has 0 bridgehead atoms. The molecule has 1 saturated heterocycles. The maximum Gasteiger partial charge on any atom is 1.00 e. The quantitative estimate of drug-likeness (QED) is 0.0302. The normalized spacial score (nSPS) is 17.4. The summed E-state index contributed by atoms with van der Waals surface area (Å²) in [6, 6.07) is -1.91. The summed E-state index contributed by atoms with van der Waals surface area (Å²) in [4.78, 5) is 115. The molecule has 3 aliphatic rings. The fourth-order valence-electron chi connectivity index (χ4n) is 3.94. The van der Waals surface area contributed by atoms with Crippen molar-refractivity contribution in [3.8, 4) is 0 Å². The van der Waals surface area contributed by atoms with Gasteiger partial charge in [-0.3, -0.25) is 43.2 Å². The third-order valence-electron chi connectivity index (χ3n) is 7.31. The van der Waals surface area contributed by atoms with Crippen LogP contribution in [0.15, 0.2) is 20.5 Å². The largest absolute Gasteiger partial charge is 1.00 e. The van der Waals surface area contributed by atoms with Crippen LogP contribution in [0.2, 0.25) is 0 Å². The van der Waals surface area contributed by atoms with E-state index < -0.39 is 118 Å². The van der Waals surface area contributed by atoms with Gasteiger partial charge in [-0.05, 0) is 26.7 Å². The van der Waals surface area contributed by atoms with E-state index in [4.69, 9.17) is 27.4 Å². The van der Waals surface area contributed by atoms with Crippen molar-refractivity contribution < 1.29 is 106 Å². The molecule has 0 aromatic heterocycles. The van der Waals surface area contributed by atoms with E-state index >= 15 is 0 Å². The minimum atomic E-state index is -4.96. The number of rotatable bonds is 21. The molecule has 312 valence electrons. The zero-order valence-corrected chi connectivity index (χ0v) is 33.8. The minimum absolute atomic E-state index is 0. The third-order valence-corrected chi connectivity index (χ3v) is 8.38. The molecule has 7 amide bonds.